The van der Waals surface area contributed by atoms with Crippen molar-refractivity contribution in [3.05, 3.63) is 53.9 Å². The third-order valence-corrected chi connectivity index (χ3v) is 5.34. The summed E-state index contributed by atoms with van der Waals surface area (Å²) in [5, 5.41) is 6.56. The Balaban J connectivity index is 1.43. The minimum Gasteiger partial charge on any atom is -0.484 e. The number of hydrogen-bond donors (Lipinski definition) is 3. The maximum Gasteiger partial charge on any atom is 0.351 e. The van der Waals surface area contributed by atoms with Crippen molar-refractivity contribution in [1.82, 2.24) is 10.4 Å². The van der Waals surface area contributed by atoms with Gasteiger partial charge in [0, 0.05) is 37.6 Å². The summed E-state index contributed by atoms with van der Waals surface area (Å²) in [5.41, 5.74) is 6.42. The summed E-state index contributed by atoms with van der Waals surface area (Å²) in [6.07, 6.45) is 1.77. The lowest BCUT2D eigenvalue weighted by Crippen LogP contribution is -2.51. The highest BCUT2D eigenvalue weighted by Gasteiger charge is 2.49. The summed E-state index contributed by atoms with van der Waals surface area (Å²) in [4.78, 5) is 25.9. The third kappa shape index (κ3) is 3.44. The van der Waals surface area contributed by atoms with Crippen molar-refractivity contribution in [2.45, 2.75) is 12.9 Å². The van der Waals surface area contributed by atoms with Gasteiger partial charge < -0.3 is 25.0 Å². The van der Waals surface area contributed by atoms with E-state index in [0.717, 1.165) is 28.5 Å². The topological polar surface area (TPSA) is 99.7 Å². The lowest BCUT2D eigenvalue weighted by Gasteiger charge is -2.36. The Morgan fingerprint density at radius 1 is 1.31 bits per heavy atom. The highest BCUT2D eigenvalue weighted by atomic mass is 16.7. The number of aliphatic imine (C=N–C) groups is 1. The zero-order valence-corrected chi connectivity index (χ0v) is 18.0. The second kappa shape index (κ2) is 7.65. The molecule has 0 radical (unpaired) electrons. The first kappa shape index (κ1) is 20.0. The zero-order valence-electron chi connectivity index (χ0n) is 18.0. The van der Waals surface area contributed by atoms with Gasteiger partial charge in [0.2, 0.25) is 0 Å². The highest BCUT2D eigenvalue weighted by Crippen LogP contribution is 2.42. The van der Waals surface area contributed by atoms with Crippen molar-refractivity contribution in [2.75, 3.05) is 43.0 Å². The number of nitrogens with zero attached hydrogens (tertiary/aromatic N) is 3. The number of likely N-dealkylation sites (N-methyl/N-ethyl adjacent to an activating group) is 1. The Hall–Kier alpha value is -3.92. The van der Waals surface area contributed by atoms with E-state index in [0.29, 0.717) is 18.2 Å². The monoisotopic (exact) mass is 436 g/mol. The molecule has 0 aromatic heterocycles. The number of anilines is 3. The number of carbonyl (C=O) groups excluding carboxylic acids is 1. The number of hydroxylamine groups is 1. The van der Waals surface area contributed by atoms with Gasteiger partial charge in [-0.1, -0.05) is 6.07 Å². The number of fused-ring (bicyclic) bond motifs is 3. The molecule has 1 saturated heterocycles. The van der Waals surface area contributed by atoms with E-state index >= 15 is 0 Å². The quantitative estimate of drug-likeness (QED) is 0.635. The van der Waals surface area contributed by atoms with Crippen LogP contribution in [0, 0.1) is 0 Å². The number of carbonyl (C=O) groups is 1. The summed E-state index contributed by atoms with van der Waals surface area (Å²) in [5.74, 6) is 0.800. The molecule has 166 valence electrons. The maximum absolute atomic E-state index is 11.8. The van der Waals surface area contributed by atoms with Crippen LogP contribution >= 0.6 is 0 Å². The summed E-state index contributed by atoms with van der Waals surface area (Å²) in [6, 6.07) is 13.2. The number of allylic oxidation sites excluding steroid dienone is 1. The first-order chi connectivity index (χ1) is 15.4. The number of ether oxygens (including phenoxy) is 2. The fourth-order valence-corrected chi connectivity index (χ4v) is 3.60. The van der Waals surface area contributed by atoms with E-state index in [1.165, 1.54) is 4.90 Å². The number of benzene rings is 2. The van der Waals surface area contributed by atoms with E-state index in [1.807, 2.05) is 42.2 Å². The molecular formula is C22H24N6O4. The summed E-state index contributed by atoms with van der Waals surface area (Å²) in [7, 11) is 3.38. The second-order valence-corrected chi connectivity index (χ2v) is 7.81. The molecule has 10 nitrogen and oxygen atoms in total. The molecule has 2 aromatic carbocycles. The van der Waals surface area contributed by atoms with Crippen LogP contribution in [-0.4, -0.2) is 50.4 Å². The first-order valence-electron chi connectivity index (χ1n) is 10.2. The normalized spacial score (nSPS) is 20.3. The van der Waals surface area contributed by atoms with Crippen LogP contribution in [0.15, 0.2) is 58.9 Å². The molecule has 1 atom stereocenters. The Bertz CT molecular complexity index is 1130. The van der Waals surface area contributed by atoms with Crippen LogP contribution in [-0.2, 0) is 9.63 Å². The number of hydrogen-bond acceptors (Lipinski definition) is 9. The van der Waals surface area contributed by atoms with E-state index < -0.39 is 5.97 Å². The molecule has 10 heteroatoms. The molecule has 0 spiro atoms. The van der Waals surface area contributed by atoms with Gasteiger partial charge in [-0.3, -0.25) is 9.69 Å². The van der Waals surface area contributed by atoms with E-state index in [4.69, 9.17) is 14.3 Å². The van der Waals surface area contributed by atoms with Crippen LogP contribution in [0.2, 0.25) is 0 Å². The van der Waals surface area contributed by atoms with Crippen molar-refractivity contribution in [2.24, 2.45) is 4.99 Å². The van der Waals surface area contributed by atoms with Crippen molar-refractivity contribution >= 4 is 29.2 Å². The van der Waals surface area contributed by atoms with Crippen molar-refractivity contribution in [3.8, 4) is 11.5 Å². The van der Waals surface area contributed by atoms with Gasteiger partial charge in [-0.2, -0.15) is 0 Å². The van der Waals surface area contributed by atoms with Gasteiger partial charge in [0.1, 0.15) is 17.3 Å². The fraction of sp³-hybridized carbons (Fsp3) is 0.273. The second-order valence-electron chi connectivity index (χ2n) is 7.81. The summed E-state index contributed by atoms with van der Waals surface area (Å²) >= 11 is 0. The molecule has 3 aliphatic rings. The molecule has 0 aliphatic carbocycles. The van der Waals surface area contributed by atoms with E-state index in [2.05, 4.69) is 21.1 Å². The third-order valence-electron chi connectivity index (χ3n) is 5.34. The molecule has 0 saturated carbocycles. The van der Waals surface area contributed by atoms with Gasteiger partial charge >= 0.3 is 5.97 Å². The Labute approximate surface area is 185 Å². The largest absolute Gasteiger partial charge is 0.484 e. The molecule has 32 heavy (non-hydrogen) atoms. The van der Waals surface area contributed by atoms with Crippen LogP contribution in [0.3, 0.4) is 0 Å². The van der Waals surface area contributed by atoms with Gasteiger partial charge in [0.15, 0.2) is 13.3 Å². The molecule has 3 heterocycles. The van der Waals surface area contributed by atoms with Crippen LogP contribution < -0.4 is 30.5 Å². The minimum atomic E-state index is -1.24. The van der Waals surface area contributed by atoms with Gasteiger partial charge in [-0.25, -0.2) is 15.3 Å². The predicted molar refractivity (Wildman–Crippen MR) is 120 cm³/mol. The number of rotatable bonds is 6. The number of amides is 1. The average molecular weight is 436 g/mol. The Morgan fingerprint density at radius 2 is 2.19 bits per heavy atom. The van der Waals surface area contributed by atoms with Crippen molar-refractivity contribution < 1.29 is 19.1 Å². The number of nitrogens with one attached hydrogen (secondary N) is 3. The molecule has 5 rings (SSSR count). The molecule has 1 amide bonds. The van der Waals surface area contributed by atoms with E-state index in [-0.39, 0.29) is 12.5 Å². The Morgan fingerprint density at radius 3 is 3.03 bits per heavy atom. The first-order valence-corrected chi connectivity index (χ1v) is 10.2. The maximum atomic E-state index is 11.8. The summed E-state index contributed by atoms with van der Waals surface area (Å²) in [6.45, 7) is 2.36. The lowest BCUT2D eigenvalue weighted by atomic mass is 10.2. The smallest absolute Gasteiger partial charge is 0.351 e. The molecule has 3 aliphatic heterocycles. The summed E-state index contributed by atoms with van der Waals surface area (Å²) < 4.78 is 11.2. The fourth-order valence-electron chi connectivity index (χ4n) is 3.60. The van der Waals surface area contributed by atoms with E-state index in [1.54, 1.807) is 32.4 Å². The van der Waals surface area contributed by atoms with Crippen molar-refractivity contribution in [1.29, 1.82) is 0 Å². The SMILES string of the molecule is CC1=C2NOC(Nc3cccc(OCC(=O)N(C)C)c3)(N=C1)N2c1ccc2c(c1)NCO2. The van der Waals surface area contributed by atoms with Crippen LogP contribution in [0.1, 0.15) is 6.92 Å². The van der Waals surface area contributed by atoms with Gasteiger partial charge in [0.05, 0.1) is 11.4 Å². The average Bonchev–Trinajstić information content (AvgIpc) is 3.36. The van der Waals surface area contributed by atoms with Gasteiger partial charge in [-0.05, 0) is 37.3 Å². The molecule has 1 unspecified atom stereocenters. The lowest BCUT2D eigenvalue weighted by molar-refractivity contribution is -0.130. The minimum absolute atomic E-state index is 0.0415. The predicted octanol–water partition coefficient (Wildman–Crippen LogP) is 2.30. The van der Waals surface area contributed by atoms with Crippen LogP contribution in [0.25, 0.3) is 0 Å². The van der Waals surface area contributed by atoms with Gasteiger partial charge in [0.25, 0.3) is 5.91 Å². The van der Waals surface area contributed by atoms with Crippen LogP contribution in [0.4, 0.5) is 17.1 Å². The molecular weight excluding hydrogens is 412 g/mol. The van der Waals surface area contributed by atoms with Gasteiger partial charge in [-0.15, -0.1) is 0 Å². The highest BCUT2D eigenvalue weighted by molar-refractivity contribution is 5.85. The molecule has 2 bridgehead atoms. The Kier molecular flexibility index (Phi) is 4.78. The molecule has 2 aromatic rings. The standard InChI is InChI=1S/C22H24N6O4/c1-14-11-24-22(25-15-5-4-6-17(9-15)30-12-20(29)27(2)3)28(21(14)26-32-22)16-7-8-19-18(10-16)23-13-31-19/h4-11,23,25-26H,12-13H2,1-3H3. The van der Waals surface area contributed by atoms with Crippen LogP contribution in [0.5, 0.6) is 11.5 Å². The van der Waals surface area contributed by atoms with Crippen molar-refractivity contribution in [3.63, 3.8) is 0 Å². The molecule has 1 fully saturated rings. The zero-order chi connectivity index (χ0) is 22.3. The molecule has 3 N–H and O–H groups in total. The van der Waals surface area contributed by atoms with E-state index in [9.17, 15) is 4.79 Å².